The number of nitrogens with zero attached hydrogens (tertiary/aromatic N) is 4. The molecule has 5 heterocycles. The van der Waals surface area contributed by atoms with Crippen molar-refractivity contribution in [1.29, 1.82) is 0 Å². The van der Waals surface area contributed by atoms with Gasteiger partial charge in [0.2, 0.25) is 5.82 Å². The van der Waals surface area contributed by atoms with Crippen LogP contribution in [0.5, 0.6) is 0 Å². The lowest BCUT2D eigenvalue weighted by Crippen LogP contribution is -3.15. The molecule has 0 radical (unpaired) electrons. The van der Waals surface area contributed by atoms with Crippen LogP contribution in [0.1, 0.15) is 62.1 Å². The van der Waals surface area contributed by atoms with Crippen molar-refractivity contribution in [3.05, 3.63) is 22.1 Å². The molecule has 2 aliphatic heterocycles. The first kappa shape index (κ1) is 17.5. The summed E-state index contributed by atoms with van der Waals surface area (Å²) in [6, 6.07) is 0.691. The second kappa shape index (κ2) is 6.22. The van der Waals surface area contributed by atoms with Gasteiger partial charge in [0.05, 0.1) is 30.2 Å². The molecule has 0 aromatic carbocycles. The number of rotatable bonds is 2. The van der Waals surface area contributed by atoms with Gasteiger partial charge in [0.15, 0.2) is 5.65 Å². The Bertz CT molecular complexity index is 1020. The highest BCUT2D eigenvalue weighted by atomic mass is 32.1. The van der Waals surface area contributed by atoms with Gasteiger partial charge >= 0.3 is 0 Å². The second-order valence-electron chi connectivity index (χ2n) is 8.81. The van der Waals surface area contributed by atoms with Gasteiger partial charge < -0.3 is 9.64 Å². The van der Waals surface area contributed by atoms with E-state index in [1.54, 1.807) is 16.2 Å². The Balaban J connectivity index is 1.62. The maximum Gasteiger partial charge on any atom is 0.206 e. The highest BCUT2D eigenvalue weighted by Crippen LogP contribution is 2.39. The van der Waals surface area contributed by atoms with Crippen LogP contribution < -0.4 is 4.90 Å². The quantitative estimate of drug-likeness (QED) is 0.735. The zero-order valence-electron chi connectivity index (χ0n) is 16.6. The topological polar surface area (TPSA) is 56.8 Å². The SMILES string of the molecule is Cc1nc2sc3c(c2c2nc(C[NH+]4CCCC[C@@H]4C)nn12)CC(C)(C)OC3. The number of likely N-dealkylation sites (tertiary alicyclic amines) is 1. The van der Waals surface area contributed by atoms with Crippen molar-refractivity contribution in [2.45, 2.75) is 78.2 Å². The number of thiophene rings is 1. The molecule has 1 unspecified atom stereocenters. The van der Waals surface area contributed by atoms with Gasteiger partial charge in [-0.25, -0.2) is 9.97 Å². The summed E-state index contributed by atoms with van der Waals surface area (Å²) >= 11 is 1.75. The molecule has 1 N–H and O–H groups in total. The third-order valence-electron chi connectivity index (χ3n) is 6.18. The van der Waals surface area contributed by atoms with Crippen molar-refractivity contribution in [3.63, 3.8) is 0 Å². The van der Waals surface area contributed by atoms with Crippen LogP contribution in [0.2, 0.25) is 0 Å². The van der Waals surface area contributed by atoms with Gasteiger partial charge in [-0.3, -0.25) is 0 Å². The Morgan fingerprint density at radius 1 is 1.30 bits per heavy atom. The Morgan fingerprint density at radius 3 is 2.96 bits per heavy atom. The van der Waals surface area contributed by atoms with Gasteiger partial charge in [0.1, 0.15) is 17.2 Å². The highest BCUT2D eigenvalue weighted by molar-refractivity contribution is 7.19. The number of ether oxygens (including phenoxy) is 1. The molecular formula is C20H28N5OS+. The number of hydrogen-bond acceptors (Lipinski definition) is 5. The van der Waals surface area contributed by atoms with Crippen LogP contribution >= 0.6 is 11.3 Å². The van der Waals surface area contributed by atoms with Crippen LogP contribution in [0, 0.1) is 6.92 Å². The number of hydrogen-bond donors (Lipinski definition) is 1. The molecule has 5 rings (SSSR count). The first-order chi connectivity index (χ1) is 12.9. The summed E-state index contributed by atoms with van der Waals surface area (Å²) in [6.45, 7) is 11.5. The van der Waals surface area contributed by atoms with Crippen molar-refractivity contribution < 1.29 is 9.64 Å². The third kappa shape index (κ3) is 2.96. The van der Waals surface area contributed by atoms with E-state index in [9.17, 15) is 0 Å². The van der Waals surface area contributed by atoms with Crippen molar-refractivity contribution in [2.75, 3.05) is 6.54 Å². The fourth-order valence-corrected chi connectivity index (χ4v) is 5.72. The van der Waals surface area contributed by atoms with E-state index in [0.717, 1.165) is 35.1 Å². The Morgan fingerprint density at radius 2 is 2.15 bits per heavy atom. The van der Waals surface area contributed by atoms with Crippen LogP contribution in [0.15, 0.2) is 0 Å². The average molecular weight is 387 g/mol. The molecule has 0 bridgehead atoms. The smallest absolute Gasteiger partial charge is 0.206 e. The number of aromatic nitrogens is 4. The number of quaternary nitrogens is 1. The first-order valence-corrected chi connectivity index (χ1v) is 10.9. The summed E-state index contributed by atoms with van der Waals surface area (Å²) in [5.74, 6) is 1.86. The number of nitrogens with one attached hydrogen (secondary N) is 1. The summed E-state index contributed by atoms with van der Waals surface area (Å²) in [6.07, 6.45) is 4.87. The Hall–Kier alpha value is -1.57. The van der Waals surface area contributed by atoms with Crippen molar-refractivity contribution in [2.24, 2.45) is 0 Å². The van der Waals surface area contributed by atoms with Crippen LogP contribution in [0.3, 0.4) is 0 Å². The van der Waals surface area contributed by atoms with Crippen LogP contribution in [0.4, 0.5) is 0 Å². The normalized spacial score (nSPS) is 25.2. The predicted octanol–water partition coefficient (Wildman–Crippen LogP) is 2.46. The van der Waals surface area contributed by atoms with Crippen LogP contribution in [-0.4, -0.2) is 37.8 Å². The molecule has 3 aromatic heterocycles. The van der Waals surface area contributed by atoms with Crippen molar-refractivity contribution in [3.8, 4) is 0 Å². The molecule has 0 saturated carbocycles. The van der Waals surface area contributed by atoms with Crippen LogP contribution in [-0.2, 0) is 24.3 Å². The van der Waals surface area contributed by atoms with E-state index in [2.05, 4.69) is 20.8 Å². The van der Waals surface area contributed by atoms with Crippen molar-refractivity contribution >= 4 is 27.2 Å². The zero-order chi connectivity index (χ0) is 18.8. The molecule has 2 aliphatic rings. The standard InChI is InChI=1S/C20H27N5OS/c1-12-7-5-6-8-24(12)10-16-22-18-17-14-9-20(3,4)26-11-15(14)27-19(17)21-13(2)25(18)23-16/h12H,5-11H2,1-4H3/p+1/t12-/m0/s1. The summed E-state index contributed by atoms with van der Waals surface area (Å²) in [4.78, 5) is 13.8. The van der Waals surface area contributed by atoms with Gasteiger partial charge in [-0.2, -0.15) is 4.52 Å². The highest BCUT2D eigenvalue weighted by Gasteiger charge is 2.31. The molecular weight excluding hydrogens is 358 g/mol. The molecule has 7 heteroatoms. The lowest BCUT2D eigenvalue weighted by Gasteiger charge is -2.30. The van der Waals surface area contributed by atoms with Gasteiger partial charge in [-0.15, -0.1) is 16.4 Å². The predicted molar refractivity (Wildman–Crippen MR) is 106 cm³/mol. The molecule has 2 atom stereocenters. The number of aryl methyl sites for hydroxylation is 1. The molecule has 1 saturated heterocycles. The Kier molecular flexibility index (Phi) is 4.04. The van der Waals surface area contributed by atoms with E-state index < -0.39 is 0 Å². The average Bonchev–Trinajstić information content (AvgIpc) is 3.17. The summed E-state index contributed by atoms with van der Waals surface area (Å²) < 4.78 is 7.98. The molecule has 6 nitrogen and oxygen atoms in total. The van der Waals surface area contributed by atoms with E-state index in [0.29, 0.717) is 12.6 Å². The minimum Gasteiger partial charge on any atom is -0.370 e. The fourth-order valence-electron chi connectivity index (χ4n) is 4.58. The molecule has 0 aliphatic carbocycles. The zero-order valence-corrected chi connectivity index (χ0v) is 17.4. The second-order valence-corrected chi connectivity index (χ2v) is 9.90. The van der Waals surface area contributed by atoms with Gasteiger partial charge in [-0.05, 0) is 52.5 Å². The largest absolute Gasteiger partial charge is 0.370 e. The maximum atomic E-state index is 6.02. The lowest BCUT2D eigenvalue weighted by molar-refractivity contribution is -0.942. The van der Waals surface area contributed by atoms with E-state index >= 15 is 0 Å². The molecule has 3 aromatic rings. The monoisotopic (exact) mass is 386 g/mol. The molecule has 144 valence electrons. The van der Waals surface area contributed by atoms with Gasteiger partial charge in [0, 0.05) is 11.3 Å². The molecule has 0 amide bonds. The summed E-state index contributed by atoms with van der Waals surface area (Å²) in [5.41, 5.74) is 2.20. The first-order valence-electron chi connectivity index (χ1n) is 10.1. The summed E-state index contributed by atoms with van der Waals surface area (Å²) in [7, 11) is 0. The number of fused-ring (bicyclic) bond motifs is 5. The van der Waals surface area contributed by atoms with Crippen LogP contribution in [0.25, 0.3) is 15.9 Å². The Labute approximate surface area is 163 Å². The lowest BCUT2D eigenvalue weighted by atomic mass is 9.94. The minimum atomic E-state index is -0.140. The summed E-state index contributed by atoms with van der Waals surface area (Å²) in [5, 5.41) is 6.04. The van der Waals surface area contributed by atoms with E-state index in [1.807, 2.05) is 11.4 Å². The molecule has 1 fully saturated rings. The van der Waals surface area contributed by atoms with E-state index in [4.69, 9.17) is 19.8 Å². The van der Waals surface area contributed by atoms with Gasteiger partial charge in [-0.1, -0.05) is 0 Å². The third-order valence-corrected chi connectivity index (χ3v) is 7.28. The van der Waals surface area contributed by atoms with Gasteiger partial charge in [0.25, 0.3) is 0 Å². The molecule has 0 spiro atoms. The molecule has 27 heavy (non-hydrogen) atoms. The number of piperidine rings is 1. The minimum absolute atomic E-state index is 0.140. The maximum absolute atomic E-state index is 6.02. The van der Waals surface area contributed by atoms with E-state index in [-0.39, 0.29) is 5.60 Å². The fraction of sp³-hybridized carbons (Fsp3) is 0.650. The van der Waals surface area contributed by atoms with E-state index in [1.165, 1.54) is 41.6 Å². The van der Waals surface area contributed by atoms with Crippen molar-refractivity contribution in [1.82, 2.24) is 19.6 Å².